The number of halogens is 4. The molecular weight excluding hydrogens is 496 g/mol. The number of hydrogen-bond donors (Lipinski definition) is 3. The predicted molar refractivity (Wildman–Crippen MR) is 112 cm³/mol. The predicted octanol–water partition coefficient (Wildman–Crippen LogP) is 0.0133. The first-order chi connectivity index (χ1) is 16.4. The van der Waals surface area contributed by atoms with Crippen LogP contribution in [0.1, 0.15) is 18.4 Å². The topological polar surface area (TPSA) is 117 Å². The third-order valence-corrected chi connectivity index (χ3v) is 9.62. The highest BCUT2D eigenvalue weighted by molar-refractivity contribution is 7.92. The number of rotatable bonds is 3. The van der Waals surface area contributed by atoms with E-state index in [0.29, 0.717) is 51.2 Å². The van der Waals surface area contributed by atoms with Crippen molar-refractivity contribution >= 4 is 21.7 Å². The Labute approximate surface area is 198 Å². The number of carbonyl (C=O) groups is 2. The zero-order chi connectivity index (χ0) is 25.2. The monoisotopic (exact) mass is 520 g/mol. The molecule has 2 amide bonds. The highest BCUT2D eigenvalue weighted by Gasteiger charge is 2.63. The summed E-state index contributed by atoms with van der Waals surface area (Å²) in [5, 5.41) is 7.32. The fraction of sp³-hybridized carbons (Fsp3) is 0.619. The van der Waals surface area contributed by atoms with Gasteiger partial charge in [0.05, 0.1) is 17.7 Å². The van der Waals surface area contributed by atoms with E-state index in [0.717, 1.165) is 4.90 Å². The van der Waals surface area contributed by atoms with Crippen LogP contribution in [0.2, 0.25) is 0 Å². The molecule has 9 nitrogen and oxygen atoms in total. The Morgan fingerprint density at radius 3 is 2.37 bits per heavy atom. The van der Waals surface area contributed by atoms with E-state index in [1.807, 2.05) is 0 Å². The fourth-order valence-electron chi connectivity index (χ4n) is 5.40. The number of morpholine rings is 1. The summed E-state index contributed by atoms with van der Waals surface area (Å²) in [5.41, 5.74) is -2.84. The summed E-state index contributed by atoms with van der Waals surface area (Å²) in [7, 11) is -4.63. The summed E-state index contributed by atoms with van der Waals surface area (Å²) >= 11 is 0. The van der Waals surface area contributed by atoms with Gasteiger partial charge in [-0.15, -0.1) is 0 Å². The lowest BCUT2D eigenvalue weighted by Crippen LogP contribution is -2.78. The van der Waals surface area contributed by atoms with Crippen LogP contribution >= 0.6 is 0 Å². The SMILES string of the molecule is O=C1NC2(CNC2)COC1C(=O)N1CC2(CCNCC2)C1S(=O)(=O)c1ccc(C(F)(F)F)cc1F. The van der Waals surface area contributed by atoms with Gasteiger partial charge in [-0.05, 0) is 44.1 Å². The molecule has 0 aliphatic carbocycles. The van der Waals surface area contributed by atoms with Crippen LogP contribution in [0.3, 0.4) is 0 Å². The molecule has 192 valence electrons. The third-order valence-electron chi connectivity index (χ3n) is 7.34. The molecule has 4 fully saturated rings. The lowest BCUT2D eigenvalue weighted by molar-refractivity contribution is -0.174. The number of benzene rings is 1. The van der Waals surface area contributed by atoms with Crippen LogP contribution in [0, 0.1) is 11.2 Å². The number of nitrogens with one attached hydrogen (secondary N) is 3. The average Bonchev–Trinajstić information content (AvgIpc) is 2.75. The van der Waals surface area contributed by atoms with Gasteiger partial charge in [0.2, 0.25) is 15.9 Å². The van der Waals surface area contributed by atoms with Gasteiger partial charge in [0.15, 0.2) is 0 Å². The first kappa shape index (κ1) is 24.4. The summed E-state index contributed by atoms with van der Waals surface area (Å²) in [6.07, 6.45) is -5.70. The molecule has 0 radical (unpaired) electrons. The number of nitrogens with zero attached hydrogens (tertiary/aromatic N) is 1. The summed E-state index contributed by atoms with van der Waals surface area (Å²) in [6.45, 7) is 1.95. The van der Waals surface area contributed by atoms with Crippen molar-refractivity contribution in [1.29, 1.82) is 0 Å². The normalized spacial score (nSPS) is 27.8. The van der Waals surface area contributed by atoms with Crippen molar-refractivity contribution in [3.8, 4) is 0 Å². The summed E-state index contributed by atoms with van der Waals surface area (Å²) in [6, 6.07) is 1.22. The minimum Gasteiger partial charge on any atom is -0.356 e. The minimum atomic E-state index is -4.85. The van der Waals surface area contributed by atoms with Gasteiger partial charge < -0.3 is 25.6 Å². The van der Waals surface area contributed by atoms with Gasteiger partial charge in [0.1, 0.15) is 16.1 Å². The first-order valence-electron chi connectivity index (χ1n) is 11.1. The van der Waals surface area contributed by atoms with E-state index in [2.05, 4.69) is 16.0 Å². The Morgan fingerprint density at radius 1 is 1.14 bits per heavy atom. The Balaban J connectivity index is 1.46. The molecule has 5 rings (SSSR count). The number of piperidine rings is 1. The molecule has 4 heterocycles. The smallest absolute Gasteiger partial charge is 0.356 e. The number of hydrogen-bond acceptors (Lipinski definition) is 7. The molecule has 35 heavy (non-hydrogen) atoms. The molecule has 0 aromatic heterocycles. The van der Waals surface area contributed by atoms with Crippen molar-refractivity contribution in [2.24, 2.45) is 5.41 Å². The van der Waals surface area contributed by atoms with Gasteiger partial charge in [-0.25, -0.2) is 12.8 Å². The number of amides is 2. The van der Waals surface area contributed by atoms with E-state index in [9.17, 15) is 35.6 Å². The van der Waals surface area contributed by atoms with Gasteiger partial charge in [0, 0.05) is 25.0 Å². The minimum absolute atomic E-state index is 0.0134. The summed E-state index contributed by atoms with van der Waals surface area (Å²) in [5.74, 6) is -3.10. The van der Waals surface area contributed by atoms with Crippen LogP contribution in [0.15, 0.2) is 23.1 Å². The second-order valence-corrected chi connectivity index (χ2v) is 11.7. The molecule has 0 saturated carbocycles. The zero-order valence-corrected chi connectivity index (χ0v) is 19.3. The molecule has 4 aliphatic heterocycles. The average molecular weight is 521 g/mol. The molecule has 2 atom stereocenters. The second-order valence-electron chi connectivity index (χ2n) is 9.68. The second kappa shape index (κ2) is 8.11. The Bertz CT molecular complexity index is 1160. The largest absolute Gasteiger partial charge is 0.416 e. The lowest BCUT2D eigenvalue weighted by atomic mass is 9.71. The molecule has 2 spiro atoms. The Kier molecular flexibility index (Phi) is 5.66. The van der Waals surface area contributed by atoms with Crippen molar-refractivity contribution < 1.29 is 40.3 Å². The Hall–Kier alpha value is -2.29. The highest BCUT2D eigenvalue weighted by atomic mass is 32.2. The maximum absolute atomic E-state index is 14.7. The zero-order valence-electron chi connectivity index (χ0n) is 18.5. The quantitative estimate of drug-likeness (QED) is 0.380. The summed E-state index contributed by atoms with van der Waals surface area (Å²) in [4.78, 5) is 26.0. The van der Waals surface area contributed by atoms with Crippen LogP contribution in [-0.2, 0) is 30.3 Å². The van der Waals surface area contributed by atoms with Crippen LogP contribution in [-0.4, -0.2) is 81.5 Å². The molecule has 4 saturated heterocycles. The fourth-order valence-corrected chi connectivity index (χ4v) is 7.71. The molecule has 1 aromatic carbocycles. The van der Waals surface area contributed by atoms with Gasteiger partial charge >= 0.3 is 6.18 Å². The van der Waals surface area contributed by atoms with Crippen LogP contribution in [0.5, 0.6) is 0 Å². The molecular formula is C21H24F4N4O5S. The first-order valence-corrected chi connectivity index (χ1v) is 12.7. The van der Waals surface area contributed by atoms with Crippen molar-refractivity contribution in [2.45, 2.75) is 40.9 Å². The molecule has 4 aliphatic rings. The van der Waals surface area contributed by atoms with Gasteiger partial charge in [-0.3, -0.25) is 9.59 Å². The van der Waals surface area contributed by atoms with Gasteiger partial charge in [-0.1, -0.05) is 0 Å². The Morgan fingerprint density at radius 2 is 1.83 bits per heavy atom. The van der Waals surface area contributed by atoms with Crippen molar-refractivity contribution in [3.63, 3.8) is 0 Å². The van der Waals surface area contributed by atoms with Crippen LogP contribution < -0.4 is 16.0 Å². The maximum atomic E-state index is 14.7. The van der Waals surface area contributed by atoms with Crippen molar-refractivity contribution in [1.82, 2.24) is 20.9 Å². The summed E-state index contributed by atoms with van der Waals surface area (Å²) < 4.78 is 86.5. The van der Waals surface area contributed by atoms with Crippen molar-refractivity contribution in [3.05, 3.63) is 29.6 Å². The van der Waals surface area contributed by atoms with E-state index in [1.54, 1.807) is 0 Å². The van der Waals surface area contributed by atoms with E-state index in [1.165, 1.54) is 0 Å². The molecule has 0 bridgehead atoms. The standard InChI is InChI=1S/C21H24F4N4O5S/c22-13-7-12(21(23,24)25)1-2-14(13)35(32,33)18-19(3-5-26-6-4-19)10-29(18)17(31)15-16(30)28-20(11-34-15)8-27-9-20/h1-2,7,15,18,26-27H,3-6,8-11H2,(H,28,30). The number of ether oxygens (including phenoxy) is 1. The number of sulfone groups is 1. The van der Waals surface area contributed by atoms with E-state index >= 15 is 0 Å². The van der Waals surface area contributed by atoms with E-state index in [4.69, 9.17) is 4.74 Å². The third kappa shape index (κ3) is 3.90. The number of carbonyl (C=O) groups excluding carboxylic acids is 2. The van der Waals surface area contributed by atoms with Crippen LogP contribution in [0.25, 0.3) is 0 Å². The van der Waals surface area contributed by atoms with Gasteiger partial charge in [0.25, 0.3) is 11.8 Å². The van der Waals surface area contributed by atoms with Gasteiger partial charge in [-0.2, -0.15) is 13.2 Å². The van der Waals surface area contributed by atoms with Crippen molar-refractivity contribution in [2.75, 3.05) is 39.3 Å². The molecule has 2 unspecified atom stereocenters. The maximum Gasteiger partial charge on any atom is 0.416 e. The highest BCUT2D eigenvalue weighted by Crippen LogP contribution is 2.50. The van der Waals surface area contributed by atoms with E-state index < -0.39 is 66.5 Å². The number of alkyl halides is 3. The molecule has 1 aromatic rings. The molecule has 14 heteroatoms. The molecule has 3 N–H and O–H groups in total. The number of likely N-dealkylation sites (tertiary alicyclic amines) is 1. The lowest BCUT2D eigenvalue weighted by Gasteiger charge is -2.59. The van der Waals surface area contributed by atoms with E-state index in [-0.39, 0.29) is 19.2 Å². The van der Waals surface area contributed by atoms with Crippen LogP contribution in [0.4, 0.5) is 17.6 Å².